The molecule has 0 aliphatic rings. The van der Waals surface area contributed by atoms with Gasteiger partial charge in [-0.2, -0.15) is 0 Å². The fourth-order valence-corrected chi connectivity index (χ4v) is 1.34. The molecule has 1 aromatic rings. The minimum Gasteiger partial charge on any atom is -0.494 e. The van der Waals surface area contributed by atoms with Crippen molar-refractivity contribution >= 4 is 5.97 Å². The number of benzene rings is 1. The molecule has 0 aliphatic carbocycles. The Morgan fingerprint density at radius 1 is 1.41 bits per heavy atom. The van der Waals surface area contributed by atoms with Gasteiger partial charge >= 0.3 is 5.97 Å². The number of aliphatic carboxylic acids is 1. The lowest BCUT2D eigenvalue weighted by molar-refractivity contribution is -0.135. The fraction of sp³-hybridized carbons (Fsp3) is 0.364. The van der Waals surface area contributed by atoms with Crippen LogP contribution in [0.25, 0.3) is 0 Å². The summed E-state index contributed by atoms with van der Waals surface area (Å²) in [5, 5.41) is 11.0. The summed E-state index contributed by atoms with van der Waals surface area (Å²) in [7, 11) is 1.26. The summed E-state index contributed by atoms with van der Waals surface area (Å²) in [6.45, 7) is 0.0508. The zero-order valence-corrected chi connectivity index (χ0v) is 9.30. The van der Waals surface area contributed by atoms with Crippen molar-refractivity contribution in [2.45, 2.75) is 6.42 Å². The van der Waals surface area contributed by atoms with Gasteiger partial charge in [-0.1, -0.05) is 0 Å². The molecular weight excluding hydrogens is 232 g/mol. The predicted octanol–water partition coefficient (Wildman–Crippen LogP) is 1.19. The summed E-state index contributed by atoms with van der Waals surface area (Å²) >= 11 is 0. The van der Waals surface area contributed by atoms with Crippen LogP contribution in [-0.2, 0) is 11.2 Å². The number of nitrogens with one attached hydrogen (secondary N) is 1. The Balaban J connectivity index is 2.59. The lowest BCUT2D eigenvalue weighted by Gasteiger charge is -2.07. The van der Waals surface area contributed by atoms with E-state index >= 15 is 0 Å². The van der Waals surface area contributed by atoms with E-state index in [2.05, 4.69) is 10.1 Å². The van der Waals surface area contributed by atoms with E-state index < -0.39 is 17.6 Å². The van der Waals surface area contributed by atoms with Gasteiger partial charge in [0.2, 0.25) is 0 Å². The largest absolute Gasteiger partial charge is 0.494 e. The first kappa shape index (κ1) is 13.4. The van der Waals surface area contributed by atoms with E-state index in [-0.39, 0.29) is 30.8 Å². The number of halogens is 2. The Kier molecular flexibility index (Phi) is 4.84. The molecule has 17 heavy (non-hydrogen) atoms. The van der Waals surface area contributed by atoms with Gasteiger partial charge in [-0.05, 0) is 24.6 Å². The van der Waals surface area contributed by atoms with E-state index in [4.69, 9.17) is 5.11 Å². The fourth-order valence-electron chi connectivity index (χ4n) is 1.34. The van der Waals surface area contributed by atoms with Crippen LogP contribution in [-0.4, -0.2) is 31.3 Å². The monoisotopic (exact) mass is 245 g/mol. The Morgan fingerprint density at radius 3 is 2.71 bits per heavy atom. The van der Waals surface area contributed by atoms with Crippen LogP contribution in [0, 0.1) is 11.6 Å². The molecule has 0 bridgehead atoms. The van der Waals surface area contributed by atoms with Gasteiger partial charge in [-0.25, -0.2) is 8.78 Å². The molecule has 2 N–H and O–H groups in total. The number of carbonyl (C=O) groups is 1. The van der Waals surface area contributed by atoms with E-state index in [1.54, 1.807) is 0 Å². The van der Waals surface area contributed by atoms with Crippen molar-refractivity contribution in [2.75, 3.05) is 20.2 Å². The van der Waals surface area contributed by atoms with E-state index in [0.717, 1.165) is 12.1 Å². The summed E-state index contributed by atoms with van der Waals surface area (Å²) in [5.41, 5.74) is 0.182. The maximum Gasteiger partial charge on any atom is 0.317 e. The lowest BCUT2D eigenvalue weighted by Crippen LogP contribution is -2.24. The first-order chi connectivity index (χ1) is 8.04. The van der Waals surface area contributed by atoms with Crippen LogP contribution in [0.3, 0.4) is 0 Å². The molecule has 0 atom stereocenters. The highest BCUT2D eigenvalue weighted by molar-refractivity contribution is 5.68. The van der Waals surface area contributed by atoms with Crippen molar-refractivity contribution in [2.24, 2.45) is 0 Å². The van der Waals surface area contributed by atoms with Crippen molar-refractivity contribution in [3.8, 4) is 5.75 Å². The third-order valence-corrected chi connectivity index (χ3v) is 2.17. The van der Waals surface area contributed by atoms with Gasteiger partial charge in [-0.15, -0.1) is 0 Å². The van der Waals surface area contributed by atoms with Crippen LogP contribution in [0.15, 0.2) is 12.1 Å². The van der Waals surface area contributed by atoms with Crippen molar-refractivity contribution in [3.63, 3.8) is 0 Å². The molecular formula is C11H13F2NO3. The van der Waals surface area contributed by atoms with Crippen molar-refractivity contribution in [1.82, 2.24) is 5.32 Å². The first-order valence-corrected chi connectivity index (χ1v) is 4.99. The molecule has 0 radical (unpaired) electrons. The number of methoxy groups -OCH3 is 1. The van der Waals surface area contributed by atoms with Crippen molar-refractivity contribution in [3.05, 3.63) is 29.3 Å². The van der Waals surface area contributed by atoms with Gasteiger partial charge in [0.25, 0.3) is 0 Å². The van der Waals surface area contributed by atoms with Crippen LogP contribution < -0.4 is 10.1 Å². The molecule has 1 aromatic carbocycles. The molecule has 6 heteroatoms. The molecule has 4 nitrogen and oxygen atoms in total. The van der Waals surface area contributed by atoms with Gasteiger partial charge in [0.1, 0.15) is 5.82 Å². The third kappa shape index (κ3) is 3.99. The van der Waals surface area contributed by atoms with Crippen LogP contribution >= 0.6 is 0 Å². The zero-order chi connectivity index (χ0) is 12.8. The second-order valence-corrected chi connectivity index (χ2v) is 3.40. The lowest BCUT2D eigenvalue weighted by atomic mass is 10.1. The quantitative estimate of drug-likeness (QED) is 0.739. The van der Waals surface area contributed by atoms with Gasteiger partial charge in [0.15, 0.2) is 11.6 Å². The summed E-state index contributed by atoms with van der Waals surface area (Å²) in [6.07, 6.45) is 0.208. The number of hydrogen-bond acceptors (Lipinski definition) is 3. The van der Waals surface area contributed by atoms with E-state index in [1.165, 1.54) is 7.11 Å². The minimum atomic E-state index is -0.994. The molecule has 0 aromatic heterocycles. The van der Waals surface area contributed by atoms with E-state index in [1.807, 2.05) is 0 Å². The van der Waals surface area contributed by atoms with Gasteiger partial charge in [0, 0.05) is 6.07 Å². The van der Waals surface area contributed by atoms with Crippen LogP contribution in [0.2, 0.25) is 0 Å². The molecule has 0 saturated heterocycles. The number of ether oxygens (including phenoxy) is 1. The standard InChI is InChI=1S/C11H13F2NO3/c1-17-10-5-8(12)7(4-9(10)13)2-3-14-6-11(15)16/h4-5,14H,2-3,6H2,1H3,(H,15,16). The average Bonchev–Trinajstić information content (AvgIpc) is 2.28. The molecule has 94 valence electrons. The number of carboxylic acid groups (broad SMARTS) is 1. The predicted molar refractivity (Wildman–Crippen MR) is 57.1 cm³/mol. The minimum absolute atomic E-state index is 0.148. The normalized spacial score (nSPS) is 10.3. The summed E-state index contributed by atoms with van der Waals surface area (Å²) in [4.78, 5) is 10.2. The Hall–Kier alpha value is -1.69. The smallest absolute Gasteiger partial charge is 0.317 e. The molecule has 0 unspecified atom stereocenters. The molecule has 0 amide bonds. The van der Waals surface area contributed by atoms with Crippen molar-refractivity contribution < 1.29 is 23.4 Å². The Bertz CT molecular complexity index is 410. The number of carboxylic acids is 1. The maximum atomic E-state index is 13.4. The molecule has 0 aliphatic heterocycles. The number of rotatable bonds is 6. The summed E-state index contributed by atoms with van der Waals surface area (Å²) < 4.78 is 31.3. The van der Waals surface area contributed by atoms with Gasteiger partial charge in [0.05, 0.1) is 13.7 Å². The molecule has 0 saturated carbocycles. The second-order valence-electron chi connectivity index (χ2n) is 3.40. The summed E-state index contributed by atoms with van der Waals surface area (Å²) in [6, 6.07) is 2.03. The topological polar surface area (TPSA) is 58.6 Å². The first-order valence-electron chi connectivity index (χ1n) is 4.99. The highest BCUT2D eigenvalue weighted by atomic mass is 19.1. The molecule has 0 spiro atoms. The average molecular weight is 245 g/mol. The highest BCUT2D eigenvalue weighted by Gasteiger charge is 2.10. The molecule has 0 heterocycles. The SMILES string of the molecule is COc1cc(F)c(CCNCC(=O)O)cc1F. The molecule has 1 rings (SSSR count). The maximum absolute atomic E-state index is 13.4. The van der Waals surface area contributed by atoms with Crippen molar-refractivity contribution in [1.29, 1.82) is 0 Å². The highest BCUT2D eigenvalue weighted by Crippen LogP contribution is 2.21. The van der Waals surface area contributed by atoms with E-state index in [0.29, 0.717) is 0 Å². The molecule has 0 fully saturated rings. The van der Waals surface area contributed by atoms with E-state index in [9.17, 15) is 13.6 Å². The zero-order valence-electron chi connectivity index (χ0n) is 9.30. The Labute approximate surface area is 97.2 Å². The Morgan fingerprint density at radius 2 is 2.12 bits per heavy atom. The van der Waals surface area contributed by atoms with Gasteiger partial charge < -0.3 is 15.2 Å². The second kappa shape index (κ2) is 6.15. The van der Waals surface area contributed by atoms with Crippen LogP contribution in [0.1, 0.15) is 5.56 Å². The van der Waals surface area contributed by atoms with Crippen LogP contribution in [0.4, 0.5) is 8.78 Å². The summed E-state index contributed by atoms with van der Waals surface area (Å²) in [5.74, 6) is -2.35. The van der Waals surface area contributed by atoms with Gasteiger partial charge in [-0.3, -0.25) is 4.79 Å². The third-order valence-electron chi connectivity index (χ3n) is 2.17. The number of hydrogen-bond donors (Lipinski definition) is 2. The van der Waals surface area contributed by atoms with Crippen LogP contribution in [0.5, 0.6) is 5.75 Å².